The Balaban J connectivity index is 2.56. The van der Waals surface area contributed by atoms with Gasteiger partial charge < -0.3 is 5.32 Å². The summed E-state index contributed by atoms with van der Waals surface area (Å²) in [5, 5.41) is 3.13. The van der Waals surface area contributed by atoms with E-state index in [4.69, 9.17) is 0 Å². The van der Waals surface area contributed by atoms with Crippen molar-refractivity contribution < 1.29 is 13.2 Å². The number of rotatable bonds is 4. The summed E-state index contributed by atoms with van der Waals surface area (Å²) in [7, 11) is 0. The van der Waals surface area contributed by atoms with Crippen LogP contribution in [0.1, 0.15) is 19.4 Å². The lowest BCUT2D eigenvalue weighted by atomic mass is 9.98. The number of nitrogens with one attached hydrogen (secondary N) is 1. The topological polar surface area (TPSA) is 12.0 Å². The Labute approximate surface area is 130 Å². The van der Waals surface area contributed by atoms with Crippen LogP contribution in [0.4, 0.5) is 13.2 Å². The Kier molecular flexibility index (Phi) is 5.06. The highest BCUT2D eigenvalue weighted by molar-refractivity contribution is 9.10. The van der Waals surface area contributed by atoms with Crippen molar-refractivity contribution in [1.29, 1.82) is 0 Å². The number of hydrogen-bond donors (Lipinski definition) is 1. The summed E-state index contributed by atoms with van der Waals surface area (Å²) in [4.78, 5) is 0. The zero-order valence-electron chi connectivity index (χ0n) is 11.7. The van der Waals surface area contributed by atoms with E-state index in [-0.39, 0.29) is 16.1 Å². The normalized spacial score (nSPS) is 11.2. The molecule has 112 valence electrons. The Morgan fingerprint density at radius 3 is 2.48 bits per heavy atom. The minimum atomic E-state index is -0.688. The molecular weight excluding hydrogens is 343 g/mol. The minimum absolute atomic E-state index is 0.148. The molecule has 1 nitrogen and oxygen atoms in total. The summed E-state index contributed by atoms with van der Waals surface area (Å²) in [6.45, 7) is 4.22. The average Bonchev–Trinajstić information content (AvgIpc) is 2.43. The molecule has 0 heterocycles. The molecule has 0 aliphatic rings. The molecule has 2 aromatic carbocycles. The Morgan fingerprint density at radius 2 is 1.81 bits per heavy atom. The summed E-state index contributed by atoms with van der Waals surface area (Å²) in [5.41, 5.74) is 0.713. The predicted molar refractivity (Wildman–Crippen MR) is 81.4 cm³/mol. The van der Waals surface area contributed by atoms with E-state index in [9.17, 15) is 13.2 Å². The van der Waals surface area contributed by atoms with Gasteiger partial charge in [-0.05, 0) is 51.3 Å². The van der Waals surface area contributed by atoms with Crippen LogP contribution in [0.2, 0.25) is 0 Å². The van der Waals surface area contributed by atoms with Gasteiger partial charge in [-0.25, -0.2) is 13.2 Å². The molecule has 5 heteroatoms. The lowest BCUT2D eigenvalue weighted by Crippen LogP contribution is -2.22. The monoisotopic (exact) mass is 357 g/mol. The molecule has 0 saturated heterocycles. The van der Waals surface area contributed by atoms with Crippen molar-refractivity contribution in [2.24, 2.45) is 0 Å². The SMILES string of the molecule is CC(C)NCc1cc(F)ccc1-c1c(F)ccc(Br)c1F. The van der Waals surface area contributed by atoms with Gasteiger partial charge in [-0.2, -0.15) is 0 Å². The largest absolute Gasteiger partial charge is 0.310 e. The van der Waals surface area contributed by atoms with Gasteiger partial charge in [0, 0.05) is 12.6 Å². The predicted octanol–water partition coefficient (Wildman–Crippen LogP) is 5.03. The van der Waals surface area contributed by atoms with Crippen molar-refractivity contribution in [3.8, 4) is 11.1 Å². The third-order valence-electron chi connectivity index (χ3n) is 3.08. The first-order valence-corrected chi connectivity index (χ1v) is 7.35. The van der Waals surface area contributed by atoms with Crippen LogP contribution >= 0.6 is 15.9 Å². The van der Waals surface area contributed by atoms with Gasteiger partial charge in [-0.1, -0.05) is 19.9 Å². The van der Waals surface area contributed by atoms with E-state index in [0.29, 0.717) is 17.7 Å². The molecule has 0 aliphatic heterocycles. The van der Waals surface area contributed by atoms with Crippen molar-refractivity contribution in [1.82, 2.24) is 5.32 Å². The molecule has 1 N–H and O–H groups in total. The third kappa shape index (κ3) is 3.66. The second kappa shape index (κ2) is 6.62. The van der Waals surface area contributed by atoms with Crippen LogP contribution in [0, 0.1) is 17.5 Å². The van der Waals surface area contributed by atoms with Crippen LogP contribution in [0.25, 0.3) is 11.1 Å². The zero-order valence-corrected chi connectivity index (χ0v) is 13.3. The second-order valence-corrected chi connectivity index (χ2v) is 5.91. The fourth-order valence-corrected chi connectivity index (χ4v) is 2.37. The summed E-state index contributed by atoms with van der Waals surface area (Å²) < 4.78 is 41.9. The molecule has 0 atom stereocenters. The van der Waals surface area contributed by atoms with E-state index in [2.05, 4.69) is 21.2 Å². The fourth-order valence-electron chi connectivity index (χ4n) is 2.04. The molecule has 21 heavy (non-hydrogen) atoms. The van der Waals surface area contributed by atoms with Gasteiger partial charge >= 0.3 is 0 Å². The van der Waals surface area contributed by atoms with Crippen LogP contribution in [-0.4, -0.2) is 6.04 Å². The van der Waals surface area contributed by atoms with Gasteiger partial charge in [-0.3, -0.25) is 0 Å². The van der Waals surface area contributed by atoms with Crippen LogP contribution in [-0.2, 0) is 6.54 Å². The van der Waals surface area contributed by atoms with Crippen LogP contribution in [0.15, 0.2) is 34.8 Å². The van der Waals surface area contributed by atoms with Gasteiger partial charge in [0.2, 0.25) is 0 Å². The maximum absolute atomic E-state index is 14.2. The maximum Gasteiger partial charge on any atom is 0.148 e. The standard InChI is InChI=1S/C16H15BrF3N/c1-9(2)21-8-10-7-11(18)3-4-12(10)15-14(19)6-5-13(17)16(15)20/h3-7,9,21H,8H2,1-2H3. The molecule has 0 fully saturated rings. The first kappa shape index (κ1) is 16.0. The molecular formula is C16H15BrF3N. The second-order valence-electron chi connectivity index (χ2n) is 5.06. The number of benzene rings is 2. The molecule has 2 rings (SSSR count). The molecule has 0 spiro atoms. The summed E-state index contributed by atoms with van der Waals surface area (Å²) >= 11 is 3.05. The highest BCUT2D eigenvalue weighted by Crippen LogP contribution is 2.33. The van der Waals surface area contributed by atoms with Gasteiger partial charge in [0.1, 0.15) is 17.5 Å². The minimum Gasteiger partial charge on any atom is -0.310 e. The van der Waals surface area contributed by atoms with E-state index in [1.165, 1.54) is 30.3 Å². The van der Waals surface area contributed by atoms with Crippen molar-refractivity contribution in [2.75, 3.05) is 0 Å². The lowest BCUT2D eigenvalue weighted by Gasteiger charge is -2.14. The third-order valence-corrected chi connectivity index (χ3v) is 3.69. The number of hydrogen-bond acceptors (Lipinski definition) is 1. The average molecular weight is 358 g/mol. The first-order valence-electron chi connectivity index (χ1n) is 6.56. The van der Waals surface area contributed by atoms with Crippen LogP contribution in [0.3, 0.4) is 0 Å². The van der Waals surface area contributed by atoms with Crippen LogP contribution in [0.5, 0.6) is 0 Å². The van der Waals surface area contributed by atoms with Gasteiger partial charge in [0.05, 0.1) is 10.0 Å². The van der Waals surface area contributed by atoms with E-state index in [0.717, 1.165) is 0 Å². The number of halogens is 4. The molecule has 0 bridgehead atoms. The lowest BCUT2D eigenvalue weighted by molar-refractivity contribution is 0.575. The highest BCUT2D eigenvalue weighted by Gasteiger charge is 2.17. The molecule has 0 saturated carbocycles. The highest BCUT2D eigenvalue weighted by atomic mass is 79.9. The molecule has 0 unspecified atom stereocenters. The van der Waals surface area contributed by atoms with Crippen molar-refractivity contribution in [3.05, 3.63) is 57.8 Å². The molecule has 0 radical (unpaired) electrons. The Bertz CT molecular complexity index is 656. The Hall–Kier alpha value is -1.33. The molecule has 2 aromatic rings. The van der Waals surface area contributed by atoms with Crippen molar-refractivity contribution >= 4 is 15.9 Å². The van der Waals surface area contributed by atoms with E-state index in [1.54, 1.807) is 0 Å². The molecule has 0 aliphatic carbocycles. The quantitative estimate of drug-likeness (QED) is 0.756. The summed E-state index contributed by atoms with van der Waals surface area (Å²) in [6.07, 6.45) is 0. The summed E-state index contributed by atoms with van der Waals surface area (Å²) in [5.74, 6) is -1.80. The maximum atomic E-state index is 14.2. The van der Waals surface area contributed by atoms with E-state index in [1.807, 2.05) is 13.8 Å². The van der Waals surface area contributed by atoms with Crippen molar-refractivity contribution in [3.63, 3.8) is 0 Å². The zero-order chi connectivity index (χ0) is 15.6. The van der Waals surface area contributed by atoms with Crippen molar-refractivity contribution in [2.45, 2.75) is 26.4 Å². The Morgan fingerprint density at radius 1 is 1.10 bits per heavy atom. The molecule has 0 amide bonds. The van der Waals surface area contributed by atoms with E-state index >= 15 is 0 Å². The van der Waals surface area contributed by atoms with Crippen LogP contribution < -0.4 is 5.32 Å². The smallest absolute Gasteiger partial charge is 0.148 e. The van der Waals surface area contributed by atoms with Gasteiger partial charge in [0.25, 0.3) is 0 Å². The van der Waals surface area contributed by atoms with Gasteiger partial charge in [0.15, 0.2) is 0 Å². The summed E-state index contributed by atoms with van der Waals surface area (Å²) in [6, 6.07) is 6.58. The first-order chi connectivity index (χ1) is 9.90. The van der Waals surface area contributed by atoms with Gasteiger partial charge in [-0.15, -0.1) is 0 Å². The van der Waals surface area contributed by atoms with E-state index < -0.39 is 17.5 Å². The fraction of sp³-hybridized carbons (Fsp3) is 0.250. The molecule has 0 aromatic heterocycles.